The number of benzene rings is 1. The summed E-state index contributed by atoms with van der Waals surface area (Å²) in [6, 6.07) is 8.22. The van der Waals surface area contributed by atoms with Crippen LogP contribution in [0, 0.1) is 5.92 Å². The van der Waals surface area contributed by atoms with Crippen LogP contribution in [0.25, 0.3) is 0 Å². The van der Waals surface area contributed by atoms with E-state index in [1.807, 2.05) is 23.1 Å². The number of guanidine groups is 1. The van der Waals surface area contributed by atoms with Gasteiger partial charge in [0.15, 0.2) is 5.96 Å². The van der Waals surface area contributed by atoms with Gasteiger partial charge in [0.05, 0.1) is 32.9 Å². The lowest BCUT2D eigenvalue weighted by atomic mass is 10.2. The summed E-state index contributed by atoms with van der Waals surface area (Å²) in [5.41, 5.74) is 1.12. The molecule has 8 nitrogen and oxygen atoms in total. The van der Waals surface area contributed by atoms with Crippen molar-refractivity contribution in [3.8, 4) is 5.75 Å². The number of piperazine rings is 1. The molecule has 2 heterocycles. The molecule has 0 radical (unpaired) electrons. The van der Waals surface area contributed by atoms with E-state index in [0.717, 1.165) is 62.5 Å². The number of amides is 1. The van der Waals surface area contributed by atoms with Crippen LogP contribution in [-0.2, 0) is 16.1 Å². The zero-order chi connectivity index (χ0) is 22.2. The van der Waals surface area contributed by atoms with Crippen molar-refractivity contribution in [2.24, 2.45) is 10.9 Å². The van der Waals surface area contributed by atoms with E-state index in [-0.39, 0.29) is 5.91 Å². The highest BCUT2D eigenvalue weighted by molar-refractivity contribution is 5.80. The largest absolute Gasteiger partial charge is 0.493 e. The van der Waals surface area contributed by atoms with Gasteiger partial charge in [-0.25, -0.2) is 4.99 Å². The maximum Gasteiger partial charge on any atom is 0.236 e. The van der Waals surface area contributed by atoms with E-state index in [1.54, 1.807) is 0 Å². The van der Waals surface area contributed by atoms with E-state index in [1.165, 1.54) is 12.8 Å². The molecule has 0 aromatic heterocycles. The Kier molecular flexibility index (Phi) is 8.23. The van der Waals surface area contributed by atoms with Crippen LogP contribution in [0.4, 0.5) is 0 Å². The average molecular weight is 444 g/mol. The van der Waals surface area contributed by atoms with E-state index < -0.39 is 0 Å². The molecule has 4 rings (SSSR count). The Bertz CT molecular complexity index is 769. The maximum atomic E-state index is 12.5. The van der Waals surface area contributed by atoms with Crippen LogP contribution in [0.5, 0.6) is 5.75 Å². The number of nitrogens with zero attached hydrogens (tertiary/aromatic N) is 4. The predicted molar refractivity (Wildman–Crippen MR) is 125 cm³/mol. The number of hydrogen-bond acceptors (Lipinski definition) is 5. The Morgan fingerprint density at radius 1 is 1.09 bits per heavy atom. The van der Waals surface area contributed by atoms with E-state index >= 15 is 0 Å². The van der Waals surface area contributed by atoms with Gasteiger partial charge in [-0.2, -0.15) is 0 Å². The van der Waals surface area contributed by atoms with Crippen LogP contribution in [-0.4, -0.2) is 98.7 Å². The topological polar surface area (TPSA) is 69.6 Å². The van der Waals surface area contributed by atoms with Crippen molar-refractivity contribution in [1.29, 1.82) is 0 Å². The summed E-state index contributed by atoms with van der Waals surface area (Å²) in [5.74, 6) is 2.83. The Morgan fingerprint density at radius 3 is 2.56 bits per heavy atom. The molecular formula is C24H37N5O3. The molecule has 32 heavy (non-hydrogen) atoms. The molecule has 0 atom stereocenters. The van der Waals surface area contributed by atoms with Crippen LogP contribution < -0.4 is 10.1 Å². The highest BCUT2D eigenvalue weighted by Gasteiger charge is 2.25. The first-order valence-corrected chi connectivity index (χ1v) is 12.0. The summed E-state index contributed by atoms with van der Waals surface area (Å²) in [4.78, 5) is 23.9. The number of hydrogen-bond donors (Lipinski definition) is 1. The molecule has 176 valence electrons. The van der Waals surface area contributed by atoms with Gasteiger partial charge in [0.2, 0.25) is 5.91 Å². The van der Waals surface area contributed by atoms with Gasteiger partial charge in [-0.15, -0.1) is 0 Å². The van der Waals surface area contributed by atoms with Crippen molar-refractivity contribution >= 4 is 11.9 Å². The van der Waals surface area contributed by atoms with Crippen LogP contribution in [0.1, 0.15) is 25.3 Å². The first-order valence-electron chi connectivity index (χ1n) is 12.0. The molecule has 2 saturated heterocycles. The minimum atomic E-state index is 0.213. The van der Waals surface area contributed by atoms with Crippen LogP contribution in [0.2, 0.25) is 0 Å². The number of carbonyl (C=O) groups is 1. The molecule has 3 aliphatic rings. The normalized spacial score (nSPS) is 20.3. The van der Waals surface area contributed by atoms with Crippen molar-refractivity contribution in [1.82, 2.24) is 20.0 Å². The Labute approximate surface area is 191 Å². The number of rotatable bonds is 8. The van der Waals surface area contributed by atoms with Crippen molar-refractivity contribution in [2.75, 3.05) is 72.2 Å². The summed E-state index contributed by atoms with van der Waals surface area (Å²) in [7, 11) is 0. The smallest absolute Gasteiger partial charge is 0.236 e. The molecule has 1 aromatic carbocycles. The van der Waals surface area contributed by atoms with Crippen LogP contribution in [0.15, 0.2) is 29.3 Å². The second-order valence-corrected chi connectivity index (χ2v) is 8.79. The molecule has 1 saturated carbocycles. The summed E-state index contributed by atoms with van der Waals surface area (Å²) >= 11 is 0. The molecule has 1 amide bonds. The Balaban J connectivity index is 1.29. The van der Waals surface area contributed by atoms with Gasteiger partial charge in [0.25, 0.3) is 0 Å². The molecule has 1 N–H and O–H groups in total. The molecule has 8 heteroatoms. The summed E-state index contributed by atoms with van der Waals surface area (Å²) in [5, 5.41) is 3.44. The first-order chi connectivity index (χ1) is 15.7. The monoisotopic (exact) mass is 443 g/mol. The number of nitrogens with one attached hydrogen (secondary N) is 1. The molecule has 0 bridgehead atoms. The molecule has 0 unspecified atom stereocenters. The quantitative estimate of drug-likeness (QED) is 0.484. The molecule has 3 fully saturated rings. The standard InChI is InChI=1S/C24H37N5O3/c1-2-25-24(26-17-21-5-3-4-6-22(21)32-19-20-7-8-20)29-11-9-27(10-12-29)18-23(30)28-13-15-31-16-14-28/h3-6,20H,2,7-19H2,1H3,(H,25,26). The Morgan fingerprint density at radius 2 is 1.84 bits per heavy atom. The van der Waals surface area contributed by atoms with Gasteiger partial charge >= 0.3 is 0 Å². The Hall–Kier alpha value is -2.32. The van der Waals surface area contributed by atoms with Gasteiger partial charge in [0, 0.05) is 51.4 Å². The summed E-state index contributed by atoms with van der Waals surface area (Å²) in [6.07, 6.45) is 2.57. The van der Waals surface area contributed by atoms with E-state index in [2.05, 4.69) is 28.1 Å². The van der Waals surface area contributed by atoms with Gasteiger partial charge in [0.1, 0.15) is 5.75 Å². The minimum absolute atomic E-state index is 0.213. The SMILES string of the molecule is CCNC(=NCc1ccccc1OCC1CC1)N1CCN(CC(=O)N2CCOCC2)CC1. The number of ether oxygens (including phenoxy) is 2. The number of carbonyl (C=O) groups excluding carboxylic acids is 1. The third kappa shape index (κ3) is 6.59. The molecule has 2 aliphatic heterocycles. The highest BCUT2D eigenvalue weighted by atomic mass is 16.5. The third-order valence-corrected chi connectivity index (χ3v) is 6.27. The second-order valence-electron chi connectivity index (χ2n) is 8.79. The van der Waals surface area contributed by atoms with E-state index in [0.29, 0.717) is 39.4 Å². The predicted octanol–water partition coefficient (Wildman–Crippen LogP) is 1.42. The fourth-order valence-electron chi connectivity index (χ4n) is 4.08. The van der Waals surface area contributed by atoms with E-state index in [4.69, 9.17) is 14.5 Å². The lowest BCUT2D eigenvalue weighted by molar-refractivity contribution is -0.136. The fourth-order valence-corrected chi connectivity index (χ4v) is 4.08. The zero-order valence-electron chi connectivity index (χ0n) is 19.3. The zero-order valence-corrected chi connectivity index (χ0v) is 19.3. The fraction of sp³-hybridized carbons (Fsp3) is 0.667. The molecular weight excluding hydrogens is 406 g/mol. The van der Waals surface area contributed by atoms with Crippen molar-refractivity contribution in [3.05, 3.63) is 29.8 Å². The van der Waals surface area contributed by atoms with Crippen LogP contribution in [0.3, 0.4) is 0 Å². The maximum absolute atomic E-state index is 12.5. The minimum Gasteiger partial charge on any atom is -0.493 e. The first kappa shape index (κ1) is 22.9. The van der Waals surface area contributed by atoms with Crippen molar-refractivity contribution in [2.45, 2.75) is 26.3 Å². The van der Waals surface area contributed by atoms with Crippen molar-refractivity contribution < 1.29 is 14.3 Å². The lowest BCUT2D eigenvalue weighted by Crippen LogP contribution is -2.54. The van der Waals surface area contributed by atoms with Gasteiger partial charge in [-0.05, 0) is 31.7 Å². The third-order valence-electron chi connectivity index (χ3n) is 6.27. The summed E-state index contributed by atoms with van der Waals surface area (Å²) in [6.45, 7) is 11.0. The van der Waals surface area contributed by atoms with Gasteiger partial charge in [-0.3, -0.25) is 9.69 Å². The number of para-hydroxylation sites is 1. The molecule has 1 aromatic rings. The summed E-state index contributed by atoms with van der Waals surface area (Å²) < 4.78 is 11.4. The number of morpholine rings is 1. The van der Waals surface area contributed by atoms with Gasteiger partial charge < -0.3 is 24.6 Å². The highest BCUT2D eigenvalue weighted by Crippen LogP contribution is 2.30. The molecule has 0 spiro atoms. The van der Waals surface area contributed by atoms with Crippen LogP contribution >= 0.6 is 0 Å². The van der Waals surface area contributed by atoms with E-state index in [9.17, 15) is 4.79 Å². The average Bonchev–Trinajstić information content (AvgIpc) is 3.67. The molecule has 1 aliphatic carbocycles. The number of aliphatic imine (C=N–C) groups is 1. The van der Waals surface area contributed by atoms with Gasteiger partial charge in [-0.1, -0.05) is 18.2 Å². The lowest BCUT2D eigenvalue weighted by Gasteiger charge is -2.37. The second kappa shape index (κ2) is 11.5. The van der Waals surface area contributed by atoms with Crippen molar-refractivity contribution in [3.63, 3.8) is 0 Å².